The molecule has 0 saturated heterocycles. The van der Waals surface area contributed by atoms with E-state index in [-0.39, 0.29) is 23.5 Å². The van der Waals surface area contributed by atoms with Crippen molar-refractivity contribution in [2.45, 2.75) is 51.7 Å². The average Bonchev–Trinajstić information content (AvgIpc) is 3.07. The maximum atomic E-state index is 14.1. The van der Waals surface area contributed by atoms with Gasteiger partial charge in [-0.05, 0) is 44.4 Å². The van der Waals surface area contributed by atoms with Gasteiger partial charge in [-0.15, -0.1) is 5.10 Å². The number of carbonyl (C=O) groups excluding carboxylic acids is 1. The zero-order valence-electron chi connectivity index (χ0n) is 16.5. The number of benzene rings is 1. The predicted octanol–water partition coefficient (Wildman–Crippen LogP) is 3.48. The van der Waals surface area contributed by atoms with Crippen LogP contribution in [0.3, 0.4) is 0 Å². The molecule has 1 aromatic carbocycles. The highest BCUT2D eigenvalue weighted by Gasteiger charge is 2.16. The van der Waals surface area contributed by atoms with Crippen molar-refractivity contribution in [2.24, 2.45) is 0 Å². The van der Waals surface area contributed by atoms with Gasteiger partial charge in [0, 0.05) is 23.9 Å². The van der Waals surface area contributed by atoms with Gasteiger partial charge in [0.15, 0.2) is 0 Å². The normalized spacial score (nSPS) is 12.3. The fourth-order valence-electron chi connectivity index (χ4n) is 2.89. The Bertz CT molecular complexity index is 1000. The number of halogens is 1. The molecule has 0 aliphatic rings. The highest BCUT2D eigenvalue weighted by molar-refractivity contribution is 7.99. The molecule has 0 fully saturated rings. The molecule has 2 heterocycles. The Morgan fingerprint density at radius 3 is 2.75 bits per heavy atom. The van der Waals surface area contributed by atoms with Crippen molar-refractivity contribution in [1.82, 2.24) is 24.9 Å². The molecule has 0 unspecified atom stereocenters. The summed E-state index contributed by atoms with van der Waals surface area (Å²) in [7, 11) is 0. The first-order valence-electron chi connectivity index (χ1n) is 9.27. The van der Waals surface area contributed by atoms with E-state index >= 15 is 0 Å². The van der Waals surface area contributed by atoms with Gasteiger partial charge in [0.25, 0.3) is 5.78 Å². The molecule has 1 N–H and O–H groups in total. The summed E-state index contributed by atoms with van der Waals surface area (Å²) in [5, 5.41) is 7.90. The molecule has 1 atom stereocenters. The molecule has 2 aromatic heterocycles. The van der Waals surface area contributed by atoms with E-state index < -0.39 is 0 Å². The Morgan fingerprint density at radius 1 is 1.29 bits per heavy atom. The van der Waals surface area contributed by atoms with E-state index in [4.69, 9.17) is 0 Å². The van der Waals surface area contributed by atoms with Gasteiger partial charge in [0.1, 0.15) is 5.82 Å². The standard InChI is InChI=1S/C20H24FN5OS/c1-5-12(2)22-18(27)11-28-20-24-19-23-13(3)16(14(4)26(19)25-20)10-15-8-6-7-9-17(15)21/h6-9,12H,5,10-11H2,1-4H3,(H,22,27)/t12-/m0/s1. The van der Waals surface area contributed by atoms with Gasteiger partial charge < -0.3 is 5.32 Å². The number of carbonyl (C=O) groups is 1. The van der Waals surface area contributed by atoms with E-state index in [1.54, 1.807) is 16.6 Å². The number of rotatable bonds is 7. The van der Waals surface area contributed by atoms with E-state index in [1.807, 2.05) is 33.8 Å². The average molecular weight is 402 g/mol. The Hall–Kier alpha value is -2.48. The van der Waals surface area contributed by atoms with Crippen LogP contribution in [0.25, 0.3) is 5.78 Å². The third-order valence-corrected chi connectivity index (χ3v) is 5.54. The summed E-state index contributed by atoms with van der Waals surface area (Å²) in [5.41, 5.74) is 3.21. The van der Waals surface area contributed by atoms with Crippen molar-refractivity contribution in [3.05, 3.63) is 52.6 Å². The highest BCUT2D eigenvalue weighted by atomic mass is 32.2. The Labute approximate surface area is 168 Å². The van der Waals surface area contributed by atoms with Crippen LogP contribution >= 0.6 is 11.8 Å². The topological polar surface area (TPSA) is 72.2 Å². The van der Waals surface area contributed by atoms with E-state index in [9.17, 15) is 9.18 Å². The van der Waals surface area contributed by atoms with E-state index in [0.717, 1.165) is 23.4 Å². The van der Waals surface area contributed by atoms with Crippen molar-refractivity contribution in [1.29, 1.82) is 0 Å². The molecule has 0 saturated carbocycles. The van der Waals surface area contributed by atoms with Gasteiger partial charge in [-0.3, -0.25) is 4.79 Å². The minimum Gasteiger partial charge on any atom is -0.353 e. The van der Waals surface area contributed by atoms with Crippen molar-refractivity contribution in [2.75, 3.05) is 5.75 Å². The summed E-state index contributed by atoms with van der Waals surface area (Å²) in [6.07, 6.45) is 1.32. The van der Waals surface area contributed by atoms with Crippen molar-refractivity contribution >= 4 is 23.4 Å². The van der Waals surface area contributed by atoms with Gasteiger partial charge >= 0.3 is 0 Å². The van der Waals surface area contributed by atoms with E-state index in [0.29, 0.717) is 22.9 Å². The largest absolute Gasteiger partial charge is 0.353 e. The van der Waals surface area contributed by atoms with Gasteiger partial charge in [0.2, 0.25) is 11.1 Å². The second-order valence-corrected chi connectivity index (χ2v) is 7.74. The summed E-state index contributed by atoms with van der Waals surface area (Å²) >= 11 is 1.28. The number of fused-ring (bicyclic) bond motifs is 1. The van der Waals surface area contributed by atoms with Crippen molar-refractivity contribution in [3.8, 4) is 0 Å². The number of hydrogen-bond donors (Lipinski definition) is 1. The second-order valence-electron chi connectivity index (χ2n) is 6.80. The molecular weight excluding hydrogens is 377 g/mol. The van der Waals surface area contributed by atoms with Crippen LogP contribution in [0, 0.1) is 19.7 Å². The molecule has 0 aliphatic heterocycles. The monoisotopic (exact) mass is 401 g/mol. The molecule has 8 heteroatoms. The predicted molar refractivity (Wildman–Crippen MR) is 108 cm³/mol. The zero-order chi connectivity index (χ0) is 20.3. The number of nitrogens with one attached hydrogen (secondary N) is 1. The summed E-state index contributed by atoms with van der Waals surface area (Å²) < 4.78 is 15.7. The van der Waals surface area contributed by atoms with Gasteiger partial charge in [-0.1, -0.05) is 36.9 Å². The van der Waals surface area contributed by atoms with Crippen LogP contribution in [0.5, 0.6) is 0 Å². The van der Waals surface area contributed by atoms with Crippen LogP contribution in [-0.4, -0.2) is 37.3 Å². The molecular formula is C20H24FN5OS. The molecule has 0 radical (unpaired) electrons. The molecule has 28 heavy (non-hydrogen) atoms. The summed E-state index contributed by atoms with van der Waals surface area (Å²) in [4.78, 5) is 20.9. The van der Waals surface area contributed by atoms with Crippen LogP contribution in [0.4, 0.5) is 4.39 Å². The Balaban J connectivity index is 1.81. The number of hydrogen-bond acceptors (Lipinski definition) is 5. The molecule has 1 amide bonds. The maximum Gasteiger partial charge on any atom is 0.253 e. The fraction of sp³-hybridized carbons (Fsp3) is 0.400. The third-order valence-electron chi connectivity index (χ3n) is 4.71. The summed E-state index contributed by atoms with van der Waals surface area (Å²) in [6.45, 7) is 7.82. The number of aryl methyl sites for hydroxylation is 2. The number of thioether (sulfide) groups is 1. The molecule has 148 valence electrons. The van der Waals surface area contributed by atoms with Crippen molar-refractivity contribution in [3.63, 3.8) is 0 Å². The molecule has 3 aromatic rings. The van der Waals surface area contributed by atoms with Gasteiger partial charge in [0.05, 0.1) is 5.75 Å². The summed E-state index contributed by atoms with van der Waals surface area (Å²) in [5.74, 6) is 0.460. The number of nitrogens with zero attached hydrogens (tertiary/aromatic N) is 4. The lowest BCUT2D eigenvalue weighted by Gasteiger charge is -2.11. The SMILES string of the molecule is CC[C@H](C)NC(=O)CSc1nc2nc(C)c(Cc3ccccc3F)c(C)n2n1. The van der Waals surface area contributed by atoms with Crippen LogP contribution in [-0.2, 0) is 11.2 Å². The van der Waals surface area contributed by atoms with Crippen LogP contribution in [0.15, 0.2) is 29.4 Å². The molecule has 0 spiro atoms. The van der Waals surface area contributed by atoms with Crippen molar-refractivity contribution < 1.29 is 9.18 Å². The smallest absolute Gasteiger partial charge is 0.253 e. The van der Waals surface area contributed by atoms with Crippen LogP contribution in [0.1, 0.15) is 42.8 Å². The lowest BCUT2D eigenvalue weighted by Crippen LogP contribution is -2.33. The maximum absolute atomic E-state index is 14.1. The van der Waals surface area contributed by atoms with Crippen LogP contribution < -0.4 is 5.32 Å². The quantitative estimate of drug-likeness (QED) is 0.614. The minimum absolute atomic E-state index is 0.0423. The highest BCUT2D eigenvalue weighted by Crippen LogP contribution is 2.21. The Kier molecular flexibility index (Phi) is 6.28. The van der Waals surface area contributed by atoms with E-state index in [1.165, 1.54) is 17.8 Å². The first kappa shape index (κ1) is 20.3. The first-order valence-corrected chi connectivity index (χ1v) is 10.3. The number of amides is 1. The van der Waals surface area contributed by atoms with Crippen LogP contribution in [0.2, 0.25) is 0 Å². The molecule has 0 bridgehead atoms. The van der Waals surface area contributed by atoms with E-state index in [2.05, 4.69) is 20.4 Å². The lowest BCUT2D eigenvalue weighted by molar-refractivity contribution is -0.119. The Morgan fingerprint density at radius 2 is 2.04 bits per heavy atom. The first-order chi connectivity index (χ1) is 13.4. The zero-order valence-corrected chi connectivity index (χ0v) is 17.3. The molecule has 6 nitrogen and oxygen atoms in total. The second kappa shape index (κ2) is 8.68. The molecule has 3 rings (SSSR count). The fourth-order valence-corrected chi connectivity index (χ4v) is 3.52. The van der Waals surface area contributed by atoms with Gasteiger partial charge in [-0.2, -0.15) is 4.98 Å². The third kappa shape index (κ3) is 4.49. The number of aromatic nitrogens is 4. The molecule has 0 aliphatic carbocycles. The minimum atomic E-state index is -0.233. The summed E-state index contributed by atoms with van der Waals surface area (Å²) in [6, 6.07) is 6.88. The van der Waals surface area contributed by atoms with Gasteiger partial charge in [-0.25, -0.2) is 13.9 Å². The lowest BCUT2D eigenvalue weighted by atomic mass is 10.0.